The molecule has 4 amide bonds. The molecule has 1 heterocycles. The Labute approximate surface area is 227 Å². The number of H-pyrrole nitrogens is 1. The van der Waals surface area contributed by atoms with E-state index >= 15 is 0 Å². The molecule has 9 N–H and O–H groups in total. The smallest absolute Gasteiger partial charge is 0.326 e. The van der Waals surface area contributed by atoms with Gasteiger partial charge in [0, 0.05) is 29.9 Å². The predicted molar refractivity (Wildman–Crippen MR) is 146 cm³/mol. The third-order valence-electron chi connectivity index (χ3n) is 6.34. The van der Waals surface area contributed by atoms with E-state index in [1.54, 1.807) is 20.0 Å². The van der Waals surface area contributed by atoms with Gasteiger partial charge in [-0.15, -0.1) is 0 Å². The van der Waals surface area contributed by atoms with Crippen molar-refractivity contribution in [2.75, 3.05) is 0 Å². The quantitative estimate of drug-likeness (QED) is 0.169. The van der Waals surface area contributed by atoms with E-state index in [0.29, 0.717) is 0 Å². The highest BCUT2D eigenvalue weighted by atomic mass is 16.4. The number of carboxylic acids is 1. The summed E-state index contributed by atoms with van der Waals surface area (Å²) in [4.78, 5) is 65.3. The number of hydrogen-bond acceptors (Lipinski definition) is 6. The molecule has 39 heavy (non-hydrogen) atoms. The average molecular weight is 545 g/mol. The first-order chi connectivity index (χ1) is 18.3. The number of primary amides is 1. The van der Waals surface area contributed by atoms with Gasteiger partial charge in [-0.05, 0) is 36.3 Å². The predicted octanol–water partition coefficient (Wildman–Crippen LogP) is 0.544. The Kier molecular flexibility index (Phi) is 11.5. The molecule has 0 radical (unpaired) electrons. The molecule has 0 aliphatic rings. The normalized spacial score (nSPS) is 14.4. The molecule has 0 aliphatic heterocycles. The SMILES string of the molecule is CC(C)CC(NC(=O)C(N)CCC(N)=O)C(=O)NC(Cc1c[nH]c2ccccc12)C(=O)NC(C(=O)O)C(C)C. The van der Waals surface area contributed by atoms with Crippen LogP contribution in [0.5, 0.6) is 0 Å². The largest absolute Gasteiger partial charge is 0.480 e. The fraction of sp³-hybridized carbons (Fsp3) is 0.519. The lowest BCUT2D eigenvalue weighted by Gasteiger charge is -2.26. The van der Waals surface area contributed by atoms with Crippen LogP contribution in [-0.4, -0.2) is 63.9 Å². The number of nitrogens with two attached hydrogens (primary N) is 2. The highest BCUT2D eigenvalue weighted by Crippen LogP contribution is 2.20. The molecule has 4 unspecified atom stereocenters. The lowest BCUT2D eigenvalue weighted by atomic mass is 9.99. The van der Waals surface area contributed by atoms with Crippen LogP contribution in [-0.2, 0) is 30.4 Å². The topological polar surface area (TPSA) is 209 Å². The van der Waals surface area contributed by atoms with E-state index in [1.807, 2.05) is 38.1 Å². The van der Waals surface area contributed by atoms with E-state index in [-0.39, 0.29) is 31.6 Å². The molecule has 12 heteroatoms. The van der Waals surface area contributed by atoms with Crippen molar-refractivity contribution in [2.24, 2.45) is 23.3 Å². The molecule has 4 atom stereocenters. The molecule has 0 spiro atoms. The molecule has 0 fully saturated rings. The number of carboxylic acid groups (broad SMARTS) is 1. The van der Waals surface area contributed by atoms with Crippen molar-refractivity contribution < 1.29 is 29.1 Å². The monoisotopic (exact) mass is 544 g/mol. The van der Waals surface area contributed by atoms with E-state index in [9.17, 15) is 29.1 Å². The maximum Gasteiger partial charge on any atom is 0.326 e. The van der Waals surface area contributed by atoms with E-state index in [2.05, 4.69) is 20.9 Å². The molecule has 1 aromatic carbocycles. The number of aliphatic carboxylic acids is 1. The van der Waals surface area contributed by atoms with Crippen LogP contribution in [0.2, 0.25) is 0 Å². The van der Waals surface area contributed by atoms with Crippen LogP contribution < -0.4 is 27.4 Å². The number of amides is 4. The van der Waals surface area contributed by atoms with Gasteiger partial charge in [-0.25, -0.2) is 4.79 Å². The number of carbonyl (C=O) groups excluding carboxylic acids is 4. The Bertz CT molecular complexity index is 1180. The third kappa shape index (κ3) is 9.40. The first-order valence-electron chi connectivity index (χ1n) is 13.0. The summed E-state index contributed by atoms with van der Waals surface area (Å²) >= 11 is 0. The fourth-order valence-electron chi connectivity index (χ4n) is 4.18. The number of benzene rings is 1. The van der Waals surface area contributed by atoms with Gasteiger partial charge in [-0.3, -0.25) is 19.2 Å². The van der Waals surface area contributed by atoms with Crippen molar-refractivity contribution in [2.45, 2.75) is 77.5 Å². The highest BCUT2D eigenvalue weighted by molar-refractivity contribution is 5.95. The third-order valence-corrected chi connectivity index (χ3v) is 6.34. The van der Waals surface area contributed by atoms with Gasteiger partial charge in [-0.1, -0.05) is 45.9 Å². The van der Waals surface area contributed by atoms with Crippen molar-refractivity contribution in [3.05, 3.63) is 36.0 Å². The Morgan fingerprint density at radius 1 is 0.923 bits per heavy atom. The first kappa shape index (κ1) is 31.3. The summed E-state index contributed by atoms with van der Waals surface area (Å²) in [5.74, 6) is -4.09. The fourth-order valence-corrected chi connectivity index (χ4v) is 4.18. The van der Waals surface area contributed by atoms with Gasteiger partial charge in [0.15, 0.2) is 0 Å². The molecule has 214 valence electrons. The second kappa shape index (κ2) is 14.3. The lowest BCUT2D eigenvalue weighted by molar-refractivity contribution is -0.143. The number of aromatic amines is 1. The van der Waals surface area contributed by atoms with Gasteiger partial charge >= 0.3 is 5.97 Å². The van der Waals surface area contributed by atoms with Crippen LogP contribution in [0.4, 0.5) is 0 Å². The Hall–Kier alpha value is -3.93. The summed E-state index contributed by atoms with van der Waals surface area (Å²) in [6.07, 6.45) is 2.01. The summed E-state index contributed by atoms with van der Waals surface area (Å²) in [6, 6.07) is 3.11. The minimum absolute atomic E-state index is 0.00104. The Balaban J connectivity index is 2.30. The van der Waals surface area contributed by atoms with E-state index < -0.39 is 59.7 Å². The molecule has 0 saturated heterocycles. The summed E-state index contributed by atoms with van der Waals surface area (Å²) < 4.78 is 0. The lowest BCUT2D eigenvalue weighted by Crippen LogP contribution is -2.58. The van der Waals surface area contributed by atoms with Crippen LogP contribution in [0, 0.1) is 11.8 Å². The van der Waals surface area contributed by atoms with Crippen molar-refractivity contribution in [1.82, 2.24) is 20.9 Å². The summed E-state index contributed by atoms with van der Waals surface area (Å²) in [5.41, 5.74) is 12.6. The molecular weight excluding hydrogens is 504 g/mol. The zero-order chi connectivity index (χ0) is 29.3. The van der Waals surface area contributed by atoms with Crippen LogP contribution >= 0.6 is 0 Å². The summed E-state index contributed by atoms with van der Waals surface area (Å²) in [5, 5.41) is 18.3. The maximum absolute atomic E-state index is 13.4. The minimum Gasteiger partial charge on any atom is -0.480 e. The minimum atomic E-state index is -1.19. The van der Waals surface area contributed by atoms with Crippen molar-refractivity contribution in [3.8, 4) is 0 Å². The van der Waals surface area contributed by atoms with Gasteiger partial charge in [0.1, 0.15) is 18.1 Å². The van der Waals surface area contributed by atoms with Crippen molar-refractivity contribution >= 4 is 40.5 Å². The van der Waals surface area contributed by atoms with Gasteiger partial charge < -0.3 is 37.5 Å². The highest BCUT2D eigenvalue weighted by Gasteiger charge is 2.32. The van der Waals surface area contributed by atoms with Crippen molar-refractivity contribution in [1.29, 1.82) is 0 Å². The van der Waals surface area contributed by atoms with Crippen LogP contribution in [0.25, 0.3) is 10.9 Å². The molecule has 12 nitrogen and oxygen atoms in total. The number of aromatic nitrogens is 1. The number of nitrogens with one attached hydrogen (secondary N) is 4. The van der Waals surface area contributed by atoms with Crippen molar-refractivity contribution in [3.63, 3.8) is 0 Å². The van der Waals surface area contributed by atoms with Gasteiger partial charge in [0.25, 0.3) is 0 Å². The summed E-state index contributed by atoms with van der Waals surface area (Å²) in [6.45, 7) is 7.08. The number of carbonyl (C=O) groups is 5. The standard InChI is InChI=1S/C27H40N6O6/c1-14(2)11-20(31-24(35)18(28)9-10-22(29)34)25(36)32-21(26(37)33-23(15(3)4)27(38)39)12-16-13-30-19-8-6-5-7-17(16)19/h5-8,13-15,18,20-21,23,30H,9-12,28H2,1-4H3,(H2,29,34)(H,31,35)(H,32,36)(H,33,37)(H,38,39). The Morgan fingerprint density at radius 3 is 2.13 bits per heavy atom. The molecule has 1 aromatic heterocycles. The second-order valence-corrected chi connectivity index (χ2v) is 10.5. The molecule has 0 bridgehead atoms. The summed E-state index contributed by atoms with van der Waals surface area (Å²) in [7, 11) is 0. The maximum atomic E-state index is 13.4. The molecule has 2 rings (SSSR count). The Morgan fingerprint density at radius 2 is 1.54 bits per heavy atom. The molecular formula is C27H40N6O6. The zero-order valence-electron chi connectivity index (χ0n) is 22.8. The molecule has 0 saturated carbocycles. The average Bonchev–Trinajstić information content (AvgIpc) is 3.26. The number of fused-ring (bicyclic) bond motifs is 1. The number of hydrogen-bond donors (Lipinski definition) is 7. The van der Waals surface area contributed by atoms with Crippen LogP contribution in [0.1, 0.15) is 52.5 Å². The number of rotatable bonds is 15. The molecule has 0 aliphatic carbocycles. The van der Waals surface area contributed by atoms with E-state index in [4.69, 9.17) is 11.5 Å². The van der Waals surface area contributed by atoms with E-state index in [1.165, 1.54) is 0 Å². The van der Waals surface area contributed by atoms with Gasteiger partial charge in [0.2, 0.25) is 23.6 Å². The van der Waals surface area contributed by atoms with Crippen LogP contribution in [0.3, 0.4) is 0 Å². The van der Waals surface area contributed by atoms with E-state index in [0.717, 1.165) is 16.5 Å². The van der Waals surface area contributed by atoms with Gasteiger partial charge in [-0.2, -0.15) is 0 Å². The van der Waals surface area contributed by atoms with Gasteiger partial charge in [0.05, 0.1) is 6.04 Å². The second-order valence-electron chi connectivity index (χ2n) is 10.5. The zero-order valence-corrected chi connectivity index (χ0v) is 22.8. The van der Waals surface area contributed by atoms with Crippen LogP contribution in [0.15, 0.2) is 30.5 Å². The molecule has 2 aromatic rings. The number of para-hydroxylation sites is 1. The first-order valence-corrected chi connectivity index (χ1v) is 13.0.